The molecule has 0 aliphatic rings. The van der Waals surface area contributed by atoms with Crippen molar-refractivity contribution < 1.29 is 19.0 Å². The summed E-state index contributed by atoms with van der Waals surface area (Å²) >= 11 is 0. The van der Waals surface area contributed by atoms with Gasteiger partial charge in [0.2, 0.25) is 0 Å². The first-order valence-electron chi connectivity index (χ1n) is 6.35. The lowest BCUT2D eigenvalue weighted by molar-refractivity contribution is 0.104. The third kappa shape index (κ3) is 4.79. The van der Waals surface area contributed by atoms with Crippen molar-refractivity contribution in [3.63, 3.8) is 0 Å². The highest BCUT2D eigenvalue weighted by molar-refractivity contribution is 5.89. The molecule has 112 valence electrons. The van der Waals surface area contributed by atoms with E-state index in [4.69, 9.17) is 9.84 Å². The lowest BCUT2D eigenvalue weighted by Gasteiger charge is -2.29. The Morgan fingerprint density at radius 1 is 1.50 bits per heavy atom. The van der Waals surface area contributed by atoms with Crippen LogP contribution in [0.4, 0.5) is 14.9 Å². The first kappa shape index (κ1) is 16.4. The number of anilines is 1. The number of ether oxygens (including phenoxy) is 1. The van der Waals surface area contributed by atoms with Gasteiger partial charge in [-0.15, -0.1) is 0 Å². The maximum atomic E-state index is 13.6. The van der Waals surface area contributed by atoms with Gasteiger partial charge < -0.3 is 20.5 Å². The van der Waals surface area contributed by atoms with Crippen LogP contribution in [0.1, 0.15) is 18.9 Å². The molecular formula is C14H21FN2O3. The topological polar surface area (TPSA) is 70.6 Å². The summed E-state index contributed by atoms with van der Waals surface area (Å²) in [6.45, 7) is 3.68. The van der Waals surface area contributed by atoms with E-state index in [9.17, 15) is 9.18 Å². The molecule has 20 heavy (non-hydrogen) atoms. The van der Waals surface area contributed by atoms with Crippen LogP contribution < -0.4 is 10.6 Å². The SMILES string of the molecule is COCC(C)(CCO)NC(=O)Nc1ccc(C)cc1F. The molecule has 1 atom stereocenters. The average molecular weight is 284 g/mol. The van der Waals surface area contributed by atoms with Gasteiger partial charge in [0.1, 0.15) is 5.82 Å². The molecule has 0 heterocycles. The number of benzene rings is 1. The summed E-state index contributed by atoms with van der Waals surface area (Å²) in [7, 11) is 1.51. The van der Waals surface area contributed by atoms with Crippen LogP contribution in [0, 0.1) is 12.7 Å². The Balaban J connectivity index is 2.70. The third-order valence-corrected chi connectivity index (χ3v) is 2.91. The van der Waals surface area contributed by atoms with Gasteiger partial charge in [-0.25, -0.2) is 9.18 Å². The molecule has 1 unspecified atom stereocenters. The van der Waals surface area contributed by atoms with Crippen LogP contribution in [-0.2, 0) is 4.74 Å². The Hall–Kier alpha value is -1.66. The molecule has 2 amide bonds. The van der Waals surface area contributed by atoms with Crippen LogP contribution in [0.5, 0.6) is 0 Å². The number of aliphatic hydroxyl groups is 1. The van der Waals surface area contributed by atoms with Crippen molar-refractivity contribution >= 4 is 11.7 Å². The molecule has 6 heteroatoms. The molecule has 5 nitrogen and oxygen atoms in total. The summed E-state index contributed by atoms with van der Waals surface area (Å²) in [5, 5.41) is 14.2. The number of amides is 2. The van der Waals surface area contributed by atoms with Crippen molar-refractivity contribution in [2.45, 2.75) is 25.8 Å². The van der Waals surface area contributed by atoms with Gasteiger partial charge >= 0.3 is 6.03 Å². The van der Waals surface area contributed by atoms with Gasteiger partial charge in [-0.2, -0.15) is 0 Å². The number of nitrogens with one attached hydrogen (secondary N) is 2. The van der Waals surface area contributed by atoms with Crippen molar-refractivity contribution in [2.75, 3.05) is 25.6 Å². The molecule has 0 aliphatic carbocycles. The van der Waals surface area contributed by atoms with Crippen LogP contribution in [-0.4, -0.2) is 37.0 Å². The molecule has 0 aromatic heterocycles. The van der Waals surface area contributed by atoms with E-state index in [-0.39, 0.29) is 18.9 Å². The Morgan fingerprint density at radius 2 is 2.20 bits per heavy atom. The van der Waals surface area contributed by atoms with Crippen molar-refractivity contribution in [2.24, 2.45) is 0 Å². The number of carbonyl (C=O) groups excluding carboxylic acids is 1. The molecule has 0 fully saturated rings. The molecule has 1 aromatic rings. The monoisotopic (exact) mass is 284 g/mol. The van der Waals surface area contributed by atoms with Gasteiger partial charge in [-0.3, -0.25) is 0 Å². The summed E-state index contributed by atoms with van der Waals surface area (Å²) in [5.74, 6) is -0.490. The van der Waals surface area contributed by atoms with Gasteiger partial charge in [0, 0.05) is 13.7 Å². The van der Waals surface area contributed by atoms with Crippen molar-refractivity contribution in [3.05, 3.63) is 29.6 Å². The lowest BCUT2D eigenvalue weighted by atomic mass is 10.00. The smallest absolute Gasteiger partial charge is 0.319 e. The molecule has 3 N–H and O–H groups in total. The summed E-state index contributed by atoms with van der Waals surface area (Å²) in [6, 6.07) is 4.02. The molecule has 0 saturated heterocycles. The van der Waals surface area contributed by atoms with Gasteiger partial charge in [-0.1, -0.05) is 6.07 Å². The Labute approximate surface area is 118 Å². The van der Waals surface area contributed by atoms with Gasteiger partial charge in [-0.05, 0) is 38.0 Å². The van der Waals surface area contributed by atoms with E-state index in [0.717, 1.165) is 5.56 Å². The first-order chi connectivity index (χ1) is 9.40. The zero-order valence-electron chi connectivity index (χ0n) is 12.0. The van der Waals surface area contributed by atoms with Crippen molar-refractivity contribution in [3.8, 4) is 0 Å². The number of halogens is 1. The standard InChI is InChI=1S/C14H21FN2O3/c1-10-4-5-12(11(15)8-10)16-13(19)17-14(2,6-7-18)9-20-3/h4-5,8,18H,6-7,9H2,1-3H3,(H2,16,17,19). The molecule has 0 aliphatic heterocycles. The average Bonchev–Trinajstić information content (AvgIpc) is 2.33. The van der Waals surface area contributed by atoms with E-state index in [2.05, 4.69) is 10.6 Å². The van der Waals surface area contributed by atoms with Crippen molar-refractivity contribution in [1.29, 1.82) is 0 Å². The first-order valence-corrected chi connectivity index (χ1v) is 6.35. The molecule has 0 radical (unpaired) electrons. The van der Waals surface area contributed by atoms with Crippen LogP contribution in [0.15, 0.2) is 18.2 Å². The highest BCUT2D eigenvalue weighted by Gasteiger charge is 2.26. The Kier molecular flexibility index (Phi) is 5.91. The molecular weight excluding hydrogens is 263 g/mol. The fourth-order valence-corrected chi connectivity index (χ4v) is 1.89. The Morgan fingerprint density at radius 3 is 2.75 bits per heavy atom. The number of rotatable bonds is 6. The normalized spacial score (nSPS) is 13.7. The third-order valence-electron chi connectivity index (χ3n) is 2.91. The predicted octanol–water partition coefficient (Wildman–Crippen LogP) is 2.04. The molecule has 0 bridgehead atoms. The zero-order valence-corrected chi connectivity index (χ0v) is 12.0. The van der Waals surface area contributed by atoms with Gasteiger partial charge in [0.25, 0.3) is 0 Å². The summed E-state index contributed by atoms with van der Waals surface area (Å²) < 4.78 is 18.7. The number of aliphatic hydroxyl groups excluding tert-OH is 1. The highest BCUT2D eigenvalue weighted by Crippen LogP contribution is 2.16. The largest absolute Gasteiger partial charge is 0.396 e. The van der Waals surface area contributed by atoms with E-state index >= 15 is 0 Å². The minimum absolute atomic E-state index is 0.0843. The van der Waals surface area contributed by atoms with Gasteiger partial charge in [0.05, 0.1) is 17.8 Å². The second-order valence-electron chi connectivity index (χ2n) is 5.03. The summed E-state index contributed by atoms with van der Waals surface area (Å²) in [5.41, 5.74) is 0.171. The number of methoxy groups -OCH3 is 1. The molecule has 0 saturated carbocycles. The maximum absolute atomic E-state index is 13.6. The number of hydrogen-bond acceptors (Lipinski definition) is 3. The fraction of sp³-hybridized carbons (Fsp3) is 0.500. The lowest BCUT2D eigenvalue weighted by Crippen LogP contribution is -2.51. The van der Waals surface area contributed by atoms with E-state index in [0.29, 0.717) is 6.42 Å². The molecule has 1 rings (SSSR count). The second kappa shape index (κ2) is 7.21. The fourth-order valence-electron chi connectivity index (χ4n) is 1.89. The minimum atomic E-state index is -0.714. The number of hydrogen-bond donors (Lipinski definition) is 3. The van der Waals surface area contributed by atoms with Crippen LogP contribution in [0.3, 0.4) is 0 Å². The van der Waals surface area contributed by atoms with E-state index in [1.165, 1.54) is 19.2 Å². The number of carbonyl (C=O) groups is 1. The number of aryl methyl sites for hydroxylation is 1. The van der Waals surface area contributed by atoms with Crippen LogP contribution in [0.2, 0.25) is 0 Å². The predicted molar refractivity (Wildman–Crippen MR) is 75.3 cm³/mol. The van der Waals surface area contributed by atoms with E-state index in [1.807, 2.05) is 0 Å². The summed E-state index contributed by atoms with van der Waals surface area (Å²) in [4.78, 5) is 11.9. The zero-order chi connectivity index (χ0) is 15.2. The van der Waals surface area contributed by atoms with Crippen molar-refractivity contribution in [1.82, 2.24) is 5.32 Å². The number of urea groups is 1. The quantitative estimate of drug-likeness (QED) is 0.748. The molecule has 1 aromatic carbocycles. The van der Waals surface area contributed by atoms with Crippen LogP contribution in [0.25, 0.3) is 0 Å². The summed E-state index contributed by atoms with van der Waals surface area (Å²) in [6.07, 6.45) is 0.338. The maximum Gasteiger partial charge on any atom is 0.319 e. The Bertz CT molecular complexity index is 460. The van der Waals surface area contributed by atoms with Crippen LogP contribution >= 0.6 is 0 Å². The van der Waals surface area contributed by atoms with E-state index in [1.54, 1.807) is 19.9 Å². The highest BCUT2D eigenvalue weighted by atomic mass is 19.1. The van der Waals surface area contributed by atoms with Gasteiger partial charge in [0.15, 0.2) is 0 Å². The minimum Gasteiger partial charge on any atom is -0.396 e. The second-order valence-corrected chi connectivity index (χ2v) is 5.03. The van der Waals surface area contributed by atoms with E-state index < -0.39 is 17.4 Å². The molecule has 0 spiro atoms.